The fourth-order valence-corrected chi connectivity index (χ4v) is 2.48. The maximum atomic E-state index is 12.1. The molecule has 0 bridgehead atoms. The number of hydrogen-bond donors (Lipinski definition) is 3. The lowest BCUT2D eigenvalue weighted by molar-refractivity contribution is 0.458. The fraction of sp³-hybridized carbons (Fsp3) is 0.250. The number of imidazole rings is 1. The predicted molar refractivity (Wildman–Crippen MR) is 60.2 cm³/mol. The molecule has 92 valence electrons. The van der Waals surface area contributed by atoms with Crippen LogP contribution in [0.25, 0.3) is 0 Å². The minimum absolute atomic E-state index is 0.0243. The Morgan fingerprint density at radius 1 is 1.53 bits per heavy atom. The number of anilines is 1. The summed E-state index contributed by atoms with van der Waals surface area (Å²) in [5.41, 5.74) is 5.49. The number of nitrogens with zero attached hydrogens (tertiary/aromatic N) is 3. The van der Waals surface area contributed by atoms with Crippen molar-refractivity contribution < 1.29 is 8.42 Å². The van der Waals surface area contributed by atoms with E-state index in [-0.39, 0.29) is 17.3 Å². The van der Waals surface area contributed by atoms with Gasteiger partial charge in [-0.05, 0) is 0 Å². The maximum absolute atomic E-state index is 12.1. The lowest BCUT2D eigenvalue weighted by Gasteiger charge is -2.14. The first-order valence-corrected chi connectivity index (χ1v) is 6.19. The van der Waals surface area contributed by atoms with Crippen LogP contribution >= 0.6 is 0 Å². The van der Waals surface area contributed by atoms with Gasteiger partial charge in [0, 0.05) is 19.4 Å². The molecule has 2 rings (SSSR count). The number of H-pyrrole nitrogens is 2. The van der Waals surface area contributed by atoms with E-state index < -0.39 is 10.0 Å². The van der Waals surface area contributed by atoms with Gasteiger partial charge >= 0.3 is 0 Å². The average molecular weight is 256 g/mol. The van der Waals surface area contributed by atoms with Gasteiger partial charge in [0.2, 0.25) is 10.0 Å². The molecule has 0 saturated carbocycles. The summed E-state index contributed by atoms with van der Waals surface area (Å²) < 4.78 is 25.3. The minimum atomic E-state index is -3.65. The van der Waals surface area contributed by atoms with Crippen molar-refractivity contribution in [1.82, 2.24) is 24.5 Å². The quantitative estimate of drug-likeness (QED) is 0.683. The number of hydrogen-bond acceptors (Lipinski definition) is 5. The Balaban J connectivity index is 2.25. The van der Waals surface area contributed by atoms with Gasteiger partial charge in [-0.3, -0.25) is 5.10 Å². The molecule has 0 aliphatic carbocycles. The van der Waals surface area contributed by atoms with Crippen LogP contribution in [0.3, 0.4) is 0 Å². The Morgan fingerprint density at radius 2 is 2.29 bits per heavy atom. The molecule has 0 aromatic carbocycles. The van der Waals surface area contributed by atoms with Gasteiger partial charge in [-0.25, -0.2) is 13.4 Å². The molecule has 0 aliphatic heterocycles. The van der Waals surface area contributed by atoms with E-state index in [2.05, 4.69) is 20.2 Å². The first-order valence-electron chi connectivity index (χ1n) is 4.75. The van der Waals surface area contributed by atoms with Crippen LogP contribution in [0.1, 0.15) is 5.82 Å². The molecule has 0 aliphatic rings. The van der Waals surface area contributed by atoms with Crippen molar-refractivity contribution in [3.05, 3.63) is 24.4 Å². The Hall–Kier alpha value is -1.87. The summed E-state index contributed by atoms with van der Waals surface area (Å²) in [4.78, 5) is 6.75. The van der Waals surface area contributed by atoms with Crippen LogP contribution in [0.2, 0.25) is 0 Å². The molecule has 0 amide bonds. The van der Waals surface area contributed by atoms with Gasteiger partial charge in [-0.15, -0.1) is 0 Å². The second kappa shape index (κ2) is 4.18. The highest BCUT2D eigenvalue weighted by atomic mass is 32.2. The fourth-order valence-electron chi connectivity index (χ4n) is 1.34. The van der Waals surface area contributed by atoms with Gasteiger partial charge in [0.25, 0.3) is 0 Å². The Morgan fingerprint density at radius 3 is 2.82 bits per heavy atom. The number of nitrogens with two attached hydrogens (primary N) is 1. The van der Waals surface area contributed by atoms with Gasteiger partial charge in [0.05, 0.1) is 12.7 Å². The van der Waals surface area contributed by atoms with Crippen molar-refractivity contribution in [1.29, 1.82) is 0 Å². The van der Waals surface area contributed by atoms with E-state index in [1.165, 1.54) is 13.2 Å². The number of sulfonamides is 1. The van der Waals surface area contributed by atoms with E-state index in [1.54, 1.807) is 12.4 Å². The van der Waals surface area contributed by atoms with Crippen molar-refractivity contribution in [3.8, 4) is 0 Å². The smallest absolute Gasteiger partial charge is 0.248 e. The largest absolute Gasteiger partial charge is 0.383 e. The highest BCUT2D eigenvalue weighted by Crippen LogP contribution is 2.19. The van der Waals surface area contributed by atoms with Gasteiger partial charge in [0.15, 0.2) is 0 Å². The Labute approximate surface area is 97.9 Å². The number of rotatable bonds is 4. The number of aromatic nitrogens is 4. The summed E-state index contributed by atoms with van der Waals surface area (Å²) in [5.74, 6) is 0.578. The van der Waals surface area contributed by atoms with Gasteiger partial charge < -0.3 is 10.7 Å². The molecular formula is C8H12N6O2S. The number of nitrogens with one attached hydrogen (secondary N) is 2. The zero-order chi connectivity index (χ0) is 12.5. The summed E-state index contributed by atoms with van der Waals surface area (Å²) in [6, 6.07) is 0. The van der Waals surface area contributed by atoms with Crippen LogP contribution < -0.4 is 5.73 Å². The topological polar surface area (TPSA) is 121 Å². The van der Waals surface area contributed by atoms with E-state index in [0.29, 0.717) is 5.82 Å². The standard InChI is InChI=1S/C8H12N6O2S/c1-14(5-7-10-2-3-11-7)17(15,16)6-4-12-13-8(6)9/h2-4H,5H2,1H3,(H,10,11)(H3,9,12,13). The van der Waals surface area contributed by atoms with Crippen molar-refractivity contribution in [2.75, 3.05) is 12.8 Å². The first-order chi connectivity index (χ1) is 8.01. The lowest BCUT2D eigenvalue weighted by atomic mass is 10.6. The summed E-state index contributed by atoms with van der Waals surface area (Å²) >= 11 is 0. The zero-order valence-corrected chi connectivity index (χ0v) is 9.90. The highest BCUT2D eigenvalue weighted by molar-refractivity contribution is 7.89. The molecule has 0 fully saturated rings. The average Bonchev–Trinajstić information content (AvgIpc) is 2.89. The van der Waals surface area contributed by atoms with Crippen LogP contribution in [0.5, 0.6) is 0 Å². The zero-order valence-electron chi connectivity index (χ0n) is 9.08. The molecule has 0 saturated heterocycles. The molecule has 0 radical (unpaired) electrons. The molecule has 17 heavy (non-hydrogen) atoms. The molecule has 0 atom stereocenters. The van der Waals surface area contributed by atoms with E-state index >= 15 is 0 Å². The summed E-state index contributed by atoms with van der Waals surface area (Å²) in [6.07, 6.45) is 4.37. The summed E-state index contributed by atoms with van der Waals surface area (Å²) in [6.45, 7) is 0.139. The molecule has 0 spiro atoms. The molecule has 2 aromatic rings. The third-order valence-electron chi connectivity index (χ3n) is 2.25. The lowest BCUT2D eigenvalue weighted by Crippen LogP contribution is -2.27. The van der Waals surface area contributed by atoms with Crippen LogP contribution in [0.15, 0.2) is 23.5 Å². The Bertz CT molecular complexity index is 587. The highest BCUT2D eigenvalue weighted by Gasteiger charge is 2.25. The van der Waals surface area contributed by atoms with Crippen LogP contribution in [0, 0.1) is 0 Å². The normalized spacial score (nSPS) is 12.1. The van der Waals surface area contributed by atoms with E-state index in [9.17, 15) is 8.42 Å². The molecule has 4 N–H and O–H groups in total. The number of aromatic amines is 2. The van der Waals surface area contributed by atoms with Crippen molar-refractivity contribution in [2.45, 2.75) is 11.4 Å². The molecular weight excluding hydrogens is 244 g/mol. The minimum Gasteiger partial charge on any atom is -0.383 e. The van der Waals surface area contributed by atoms with E-state index in [4.69, 9.17) is 5.73 Å². The summed E-state index contributed by atoms with van der Waals surface area (Å²) in [5, 5.41) is 5.98. The van der Waals surface area contributed by atoms with Crippen LogP contribution in [-0.4, -0.2) is 39.9 Å². The molecule has 2 heterocycles. The van der Waals surface area contributed by atoms with E-state index in [1.807, 2.05) is 0 Å². The van der Waals surface area contributed by atoms with Crippen LogP contribution in [-0.2, 0) is 16.6 Å². The van der Waals surface area contributed by atoms with E-state index in [0.717, 1.165) is 4.31 Å². The third kappa shape index (κ3) is 2.15. The van der Waals surface area contributed by atoms with Gasteiger partial charge in [0.1, 0.15) is 16.5 Å². The van der Waals surface area contributed by atoms with Crippen LogP contribution in [0.4, 0.5) is 5.82 Å². The van der Waals surface area contributed by atoms with Crippen molar-refractivity contribution in [3.63, 3.8) is 0 Å². The maximum Gasteiger partial charge on any atom is 0.248 e. The molecule has 9 heteroatoms. The monoisotopic (exact) mass is 256 g/mol. The van der Waals surface area contributed by atoms with Crippen molar-refractivity contribution >= 4 is 15.8 Å². The Kier molecular flexibility index (Phi) is 2.86. The second-order valence-electron chi connectivity index (χ2n) is 3.44. The third-order valence-corrected chi connectivity index (χ3v) is 4.08. The SMILES string of the molecule is CN(Cc1ncc[nH]1)S(=O)(=O)c1cn[nH]c1N. The molecule has 2 aromatic heterocycles. The predicted octanol–water partition coefficient (Wildman–Crippen LogP) is -0.464. The molecule has 0 unspecified atom stereocenters. The van der Waals surface area contributed by atoms with Gasteiger partial charge in [-0.2, -0.15) is 9.40 Å². The second-order valence-corrected chi connectivity index (χ2v) is 5.46. The van der Waals surface area contributed by atoms with Crippen molar-refractivity contribution in [2.24, 2.45) is 0 Å². The number of nitrogen functional groups attached to an aromatic ring is 1. The molecule has 8 nitrogen and oxygen atoms in total. The summed E-state index contributed by atoms with van der Waals surface area (Å²) in [7, 11) is -2.20. The first kappa shape index (κ1) is 11.6. The van der Waals surface area contributed by atoms with Gasteiger partial charge in [-0.1, -0.05) is 0 Å².